The summed E-state index contributed by atoms with van der Waals surface area (Å²) in [6, 6.07) is 5.90. The molecule has 1 aliphatic heterocycles. The van der Waals surface area contributed by atoms with E-state index in [1.54, 1.807) is 14.2 Å². The summed E-state index contributed by atoms with van der Waals surface area (Å²) in [6.07, 6.45) is 5.24. The Morgan fingerprint density at radius 3 is 2.54 bits per heavy atom. The molecule has 1 aromatic rings. The number of aliphatic imine (C=N–C) groups is 1. The number of nitrogens with zero attached hydrogens (tertiary/aromatic N) is 2. The molecule has 1 heterocycles. The van der Waals surface area contributed by atoms with Crippen molar-refractivity contribution in [1.82, 2.24) is 15.5 Å². The van der Waals surface area contributed by atoms with Gasteiger partial charge in [-0.2, -0.15) is 11.8 Å². The maximum Gasteiger partial charge on any atom is 0.191 e. The topological polar surface area (TPSA) is 58.1 Å². The van der Waals surface area contributed by atoms with E-state index in [4.69, 9.17) is 9.47 Å². The summed E-state index contributed by atoms with van der Waals surface area (Å²) >= 11 is 2.08. The molecule has 3 rings (SSSR count). The first kappa shape index (κ1) is 21.1. The van der Waals surface area contributed by atoms with Gasteiger partial charge in [0.1, 0.15) is 11.5 Å². The SMILES string of the molecule is CN=C(NCc1ccc(OC)cc1OC)NCC1(N2CCSCC2)CCCC1. The predicted octanol–water partition coefficient (Wildman–Crippen LogP) is 2.73. The smallest absolute Gasteiger partial charge is 0.191 e. The average molecular weight is 407 g/mol. The normalized spacial score (nSPS) is 20.0. The van der Waals surface area contributed by atoms with Crippen LogP contribution in [0.2, 0.25) is 0 Å². The molecule has 156 valence electrons. The van der Waals surface area contributed by atoms with Gasteiger partial charge in [-0.15, -0.1) is 0 Å². The fraction of sp³-hybridized carbons (Fsp3) is 0.667. The number of rotatable bonds is 7. The number of hydrogen-bond donors (Lipinski definition) is 2. The maximum absolute atomic E-state index is 5.50. The third kappa shape index (κ3) is 5.06. The van der Waals surface area contributed by atoms with Crippen LogP contribution in [0.3, 0.4) is 0 Å². The van der Waals surface area contributed by atoms with Crippen LogP contribution in [-0.2, 0) is 6.54 Å². The Morgan fingerprint density at radius 2 is 1.89 bits per heavy atom. The van der Waals surface area contributed by atoms with E-state index in [1.807, 2.05) is 25.2 Å². The standard InChI is InChI=1S/C21H34N4O2S/c1-22-20(23-15-17-6-7-18(26-2)14-19(17)27-3)24-16-21(8-4-5-9-21)25-10-12-28-13-11-25/h6-7,14H,4-5,8-13,15-16H2,1-3H3,(H2,22,23,24). The molecule has 2 aliphatic rings. The lowest BCUT2D eigenvalue weighted by atomic mass is 9.94. The van der Waals surface area contributed by atoms with Gasteiger partial charge < -0.3 is 20.1 Å². The van der Waals surface area contributed by atoms with Crippen LogP contribution in [0.1, 0.15) is 31.2 Å². The zero-order chi connectivity index (χ0) is 19.8. The Morgan fingerprint density at radius 1 is 1.14 bits per heavy atom. The number of guanidine groups is 1. The molecule has 0 atom stereocenters. The highest BCUT2D eigenvalue weighted by atomic mass is 32.2. The van der Waals surface area contributed by atoms with Gasteiger partial charge >= 0.3 is 0 Å². The number of benzene rings is 1. The van der Waals surface area contributed by atoms with Gasteiger partial charge in [-0.1, -0.05) is 12.8 Å². The summed E-state index contributed by atoms with van der Waals surface area (Å²) in [6.45, 7) is 4.03. The number of thioether (sulfide) groups is 1. The van der Waals surface area contributed by atoms with Crippen LogP contribution in [0.5, 0.6) is 11.5 Å². The van der Waals surface area contributed by atoms with Gasteiger partial charge in [-0.3, -0.25) is 9.89 Å². The molecule has 1 saturated carbocycles. The van der Waals surface area contributed by atoms with Crippen molar-refractivity contribution in [3.8, 4) is 11.5 Å². The van der Waals surface area contributed by atoms with Crippen LogP contribution in [0, 0.1) is 0 Å². The third-order valence-electron chi connectivity index (χ3n) is 5.97. The zero-order valence-corrected chi connectivity index (χ0v) is 18.2. The van der Waals surface area contributed by atoms with Crippen molar-refractivity contribution in [2.45, 2.75) is 37.8 Å². The number of hydrogen-bond acceptors (Lipinski definition) is 5. The predicted molar refractivity (Wildman–Crippen MR) is 118 cm³/mol. The van der Waals surface area contributed by atoms with Gasteiger partial charge in [0.05, 0.1) is 14.2 Å². The molecule has 7 heteroatoms. The second-order valence-electron chi connectivity index (χ2n) is 7.49. The van der Waals surface area contributed by atoms with E-state index in [1.165, 1.54) is 50.3 Å². The summed E-state index contributed by atoms with van der Waals surface area (Å²) in [4.78, 5) is 7.16. The van der Waals surface area contributed by atoms with Crippen molar-refractivity contribution < 1.29 is 9.47 Å². The minimum absolute atomic E-state index is 0.288. The van der Waals surface area contributed by atoms with Gasteiger partial charge in [0.2, 0.25) is 0 Å². The Labute approximate surface area is 173 Å². The fourth-order valence-electron chi connectivity index (χ4n) is 4.32. The monoisotopic (exact) mass is 406 g/mol. The Kier molecular flexibility index (Phi) is 7.73. The minimum Gasteiger partial charge on any atom is -0.497 e. The summed E-state index contributed by atoms with van der Waals surface area (Å²) in [7, 11) is 5.18. The van der Waals surface area contributed by atoms with E-state index in [9.17, 15) is 0 Å². The average Bonchev–Trinajstić information content (AvgIpc) is 3.24. The summed E-state index contributed by atoms with van der Waals surface area (Å²) in [5, 5.41) is 7.04. The molecule has 2 N–H and O–H groups in total. The van der Waals surface area contributed by atoms with Gasteiger partial charge in [0.25, 0.3) is 0 Å². The lowest BCUT2D eigenvalue weighted by Gasteiger charge is -2.43. The summed E-state index contributed by atoms with van der Waals surface area (Å²) in [5.74, 6) is 4.97. The van der Waals surface area contributed by atoms with Crippen LogP contribution in [0.25, 0.3) is 0 Å². The molecule has 0 radical (unpaired) electrons. The van der Waals surface area contributed by atoms with Crippen LogP contribution in [0.15, 0.2) is 23.2 Å². The first-order chi connectivity index (χ1) is 13.7. The highest BCUT2D eigenvalue weighted by molar-refractivity contribution is 7.99. The molecule has 1 saturated heterocycles. The molecule has 0 bridgehead atoms. The third-order valence-corrected chi connectivity index (χ3v) is 6.91. The highest BCUT2D eigenvalue weighted by Crippen LogP contribution is 2.36. The van der Waals surface area contributed by atoms with E-state index in [2.05, 4.69) is 32.3 Å². The summed E-state index contributed by atoms with van der Waals surface area (Å²) < 4.78 is 10.8. The molecular weight excluding hydrogens is 372 g/mol. The molecule has 6 nitrogen and oxygen atoms in total. The second-order valence-corrected chi connectivity index (χ2v) is 8.71. The first-order valence-electron chi connectivity index (χ1n) is 10.2. The van der Waals surface area contributed by atoms with Gasteiger partial charge in [-0.25, -0.2) is 0 Å². The molecule has 0 spiro atoms. The maximum atomic E-state index is 5.50. The van der Waals surface area contributed by atoms with Crippen molar-refractivity contribution in [3.05, 3.63) is 23.8 Å². The van der Waals surface area contributed by atoms with Crippen molar-refractivity contribution in [2.24, 2.45) is 4.99 Å². The molecule has 1 aliphatic carbocycles. The van der Waals surface area contributed by atoms with E-state index < -0.39 is 0 Å². The van der Waals surface area contributed by atoms with Crippen molar-refractivity contribution in [3.63, 3.8) is 0 Å². The molecular formula is C21H34N4O2S. The van der Waals surface area contributed by atoms with Crippen LogP contribution in [-0.4, -0.2) is 68.8 Å². The van der Waals surface area contributed by atoms with Gasteiger partial charge in [-0.05, 0) is 25.0 Å². The van der Waals surface area contributed by atoms with E-state index >= 15 is 0 Å². The Bertz CT molecular complexity index is 656. The quantitative estimate of drug-likeness (QED) is 0.536. The zero-order valence-electron chi connectivity index (χ0n) is 17.4. The van der Waals surface area contributed by atoms with E-state index in [0.717, 1.165) is 29.6 Å². The lowest BCUT2D eigenvalue weighted by Crippen LogP contribution is -2.57. The van der Waals surface area contributed by atoms with Gasteiger partial charge in [0.15, 0.2) is 5.96 Å². The van der Waals surface area contributed by atoms with Crippen molar-refractivity contribution in [1.29, 1.82) is 0 Å². The minimum atomic E-state index is 0.288. The molecule has 0 amide bonds. The van der Waals surface area contributed by atoms with E-state index in [-0.39, 0.29) is 5.54 Å². The van der Waals surface area contributed by atoms with E-state index in [0.29, 0.717) is 6.54 Å². The number of nitrogens with one attached hydrogen (secondary N) is 2. The van der Waals surface area contributed by atoms with Crippen LogP contribution in [0.4, 0.5) is 0 Å². The largest absolute Gasteiger partial charge is 0.497 e. The first-order valence-corrected chi connectivity index (χ1v) is 11.3. The Balaban J connectivity index is 1.58. The number of methoxy groups -OCH3 is 2. The molecule has 28 heavy (non-hydrogen) atoms. The van der Waals surface area contributed by atoms with Crippen molar-refractivity contribution >= 4 is 17.7 Å². The van der Waals surface area contributed by atoms with Crippen LogP contribution >= 0.6 is 11.8 Å². The number of ether oxygens (including phenoxy) is 2. The van der Waals surface area contributed by atoms with Crippen molar-refractivity contribution in [2.75, 3.05) is 52.4 Å². The highest BCUT2D eigenvalue weighted by Gasteiger charge is 2.39. The fourth-order valence-corrected chi connectivity index (χ4v) is 5.22. The van der Waals surface area contributed by atoms with Crippen LogP contribution < -0.4 is 20.1 Å². The lowest BCUT2D eigenvalue weighted by molar-refractivity contribution is 0.107. The molecule has 0 unspecified atom stereocenters. The second kappa shape index (κ2) is 10.3. The molecule has 2 fully saturated rings. The Hall–Kier alpha value is -1.60. The van der Waals surface area contributed by atoms with Gasteiger partial charge in [0, 0.05) is 61.9 Å². The summed E-state index contributed by atoms with van der Waals surface area (Å²) in [5.41, 5.74) is 1.37. The molecule has 0 aromatic heterocycles. The molecule has 1 aromatic carbocycles.